The average molecular weight is 449 g/mol. The lowest BCUT2D eigenvalue weighted by Gasteiger charge is -2.33. The molecule has 8 heteroatoms. The monoisotopic (exact) mass is 448 g/mol. The Morgan fingerprint density at radius 1 is 1.19 bits per heavy atom. The zero-order valence-corrected chi connectivity index (χ0v) is 20.0. The number of alkyl carbamates (subject to hydrolysis) is 1. The van der Waals surface area contributed by atoms with Crippen LogP contribution >= 0.6 is 0 Å². The van der Waals surface area contributed by atoms with Crippen LogP contribution in [-0.2, 0) is 25.6 Å². The molecule has 0 aromatic heterocycles. The van der Waals surface area contributed by atoms with Crippen LogP contribution in [0, 0.1) is 5.92 Å². The van der Waals surface area contributed by atoms with E-state index in [4.69, 9.17) is 14.2 Å². The minimum absolute atomic E-state index is 0.113. The van der Waals surface area contributed by atoms with Gasteiger partial charge in [-0.25, -0.2) is 14.4 Å². The molecule has 1 heterocycles. The Morgan fingerprint density at radius 3 is 2.44 bits per heavy atom. The molecule has 1 aliphatic rings. The molecular weight excluding hydrogens is 412 g/mol. The summed E-state index contributed by atoms with van der Waals surface area (Å²) < 4.78 is 15.6. The molecule has 1 aromatic carbocycles. The summed E-state index contributed by atoms with van der Waals surface area (Å²) in [5.41, 5.74) is -0.0613. The van der Waals surface area contributed by atoms with Gasteiger partial charge in [0.1, 0.15) is 18.2 Å². The number of methoxy groups -OCH3 is 1. The third-order valence-electron chi connectivity index (χ3n) is 5.43. The van der Waals surface area contributed by atoms with Gasteiger partial charge in [0.05, 0.1) is 7.11 Å². The van der Waals surface area contributed by atoms with Crippen molar-refractivity contribution in [2.75, 3.05) is 13.7 Å². The molecule has 0 bridgehead atoms. The Labute approximate surface area is 190 Å². The van der Waals surface area contributed by atoms with E-state index in [-0.39, 0.29) is 24.2 Å². The van der Waals surface area contributed by atoms with Gasteiger partial charge in [-0.3, -0.25) is 0 Å². The third-order valence-corrected chi connectivity index (χ3v) is 5.43. The summed E-state index contributed by atoms with van der Waals surface area (Å²) in [6.45, 7) is 10.2. The second-order valence-electron chi connectivity index (χ2n) is 9.83. The van der Waals surface area contributed by atoms with Crippen LogP contribution in [0.1, 0.15) is 59.4 Å². The average Bonchev–Trinajstić information content (AvgIpc) is 3.02. The number of hydrogen-bond donors (Lipinski definition) is 1. The van der Waals surface area contributed by atoms with Gasteiger partial charge < -0.3 is 24.4 Å². The minimum Gasteiger partial charge on any atom is -0.467 e. The molecule has 1 aliphatic heterocycles. The zero-order chi connectivity index (χ0) is 23.9. The van der Waals surface area contributed by atoms with Gasteiger partial charge in [-0.2, -0.15) is 0 Å². The number of hydrogen-bond acceptors (Lipinski definition) is 6. The van der Waals surface area contributed by atoms with Crippen LogP contribution in [-0.4, -0.2) is 53.9 Å². The highest BCUT2D eigenvalue weighted by molar-refractivity contribution is 5.81. The minimum atomic E-state index is -0.818. The van der Waals surface area contributed by atoms with E-state index in [9.17, 15) is 14.4 Å². The van der Waals surface area contributed by atoms with Gasteiger partial charge in [0.15, 0.2) is 0 Å². The highest BCUT2D eigenvalue weighted by Crippen LogP contribution is 2.36. The van der Waals surface area contributed by atoms with Crippen molar-refractivity contribution in [1.82, 2.24) is 10.2 Å². The van der Waals surface area contributed by atoms with Crippen LogP contribution < -0.4 is 5.32 Å². The van der Waals surface area contributed by atoms with Crippen LogP contribution in [0.3, 0.4) is 0 Å². The molecule has 1 N–H and O–H groups in total. The number of nitrogens with one attached hydrogen (secondary N) is 1. The maximum atomic E-state index is 12.6. The van der Waals surface area contributed by atoms with Crippen molar-refractivity contribution in [2.24, 2.45) is 5.92 Å². The third kappa shape index (κ3) is 7.73. The van der Waals surface area contributed by atoms with E-state index in [1.165, 1.54) is 7.11 Å². The number of amides is 2. The summed E-state index contributed by atoms with van der Waals surface area (Å²) in [6.07, 6.45) is 0.791. The number of benzene rings is 1. The van der Waals surface area contributed by atoms with E-state index in [1.54, 1.807) is 4.90 Å². The molecular formula is C24H36N2O6. The molecule has 1 aromatic rings. The van der Waals surface area contributed by atoms with Crippen molar-refractivity contribution >= 4 is 18.2 Å². The Morgan fingerprint density at radius 2 is 1.84 bits per heavy atom. The van der Waals surface area contributed by atoms with Crippen LogP contribution in [0.2, 0.25) is 0 Å². The molecule has 0 saturated carbocycles. The van der Waals surface area contributed by atoms with Gasteiger partial charge in [-0.15, -0.1) is 0 Å². The molecule has 1 saturated heterocycles. The predicted octanol–water partition coefficient (Wildman–Crippen LogP) is 4.27. The van der Waals surface area contributed by atoms with E-state index >= 15 is 0 Å². The van der Waals surface area contributed by atoms with Gasteiger partial charge in [0, 0.05) is 12.1 Å². The molecule has 2 amide bonds. The van der Waals surface area contributed by atoms with Crippen molar-refractivity contribution in [1.29, 1.82) is 0 Å². The Balaban J connectivity index is 1.90. The van der Waals surface area contributed by atoms with Crippen molar-refractivity contribution in [2.45, 2.75) is 77.7 Å². The van der Waals surface area contributed by atoms with E-state index < -0.39 is 23.7 Å². The molecule has 178 valence electrons. The van der Waals surface area contributed by atoms with Crippen LogP contribution in [0.4, 0.5) is 9.59 Å². The first-order chi connectivity index (χ1) is 14.9. The number of esters is 1. The Bertz CT molecular complexity index is 787. The molecule has 2 atom stereocenters. The van der Waals surface area contributed by atoms with E-state index in [0.29, 0.717) is 19.4 Å². The number of ether oxygens (including phenoxy) is 3. The number of rotatable bonds is 7. The number of nitrogens with zero attached hydrogens (tertiary/aromatic N) is 1. The number of likely N-dealkylation sites (tertiary alicyclic amines) is 1. The van der Waals surface area contributed by atoms with E-state index in [0.717, 1.165) is 12.0 Å². The van der Waals surface area contributed by atoms with Crippen molar-refractivity contribution in [3.63, 3.8) is 0 Å². The first-order valence-electron chi connectivity index (χ1n) is 11.0. The SMILES string of the molecule is COC(=O)C(CCC1CN(C(=O)OC(C)(C)C)C(C)(C)C1)NC(=O)OCc1ccccc1. The summed E-state index contributed by atoms with van der Waals surface area (Å²) in [5, 5.41) is 2.61. The first kappa shape index (κ1) is 25.5. The summed E-state index contributed by atoms with van der Waals surface area (Å²) in [7, 11) is 1.29. The summed E-state index contributed by atoms with van der Waals surface area (Å²) in [5.74, 6) is -0.352. The topological polar surface area (TPSA) is 94.2 Å². The van der Waals surface area contributed by atoms with E-state index in [2.05, 4.69) is 5.32 Å². The lowest BCUT2D eigenvalue weighted by Crippen LogP contribution is -2.45. The molecule has 1 fully saturated rings. The lowest BCUT2D eigenvalue weighted by atomic mass is 9.92. The normalized spacial score (nSPS) is 18.6. The van der Waals surface area contributed by atoms with E-state index in [1.807, 2.05) is 65.0 Å². The van der Waals surface area contributed by atoms with Gasteiger partial charge in [-0.05, 0) is 65.4 Å². The Kier molecular flexibility index (Phi) is 8.52. The smallest absolute Gasteiger partial charge is 0.410 e. The van der Waals surface area contributed by atoms with Crippen molar-refractivity contribution < 1.29 is 28.6 Å². The largest absolute Gasteiger partial charge is 0.467 e. The molecule has 0 aliphatic carbocycles. The van der Waals surface area contributed by atoms with Crippen LogP contribution in [0.15, 0.2) is 30.3 Å². The fourth-order valence-corrected chi connectivity index (χ4v) is 3.92. The highest BCUT2D eigenvalue weighted by Gasteiger charge is 2.43. The molecule has 8 nitrogen and oxygen atoms in total. The van der Waals surface area contributed by atoms with Crippen LogP contribution in [0.5, 0.6) is 0 Å². The van der Waals surface area contributed by atoms with Crippen molar-refractivity contribution in [3.05, 3.63) is 35.9 Å². The second-order valence-corrected chi connectivity index (χ2v) is 9.83. The summed E-state index contributed by atoms with van der Waals surface area (Å²) in [4.78, 5) is 38.8. The predicted molar refractivity (Wildman–Crippen MR) is 120 cm³/mol. The summed E-state index contributed by atoms with van der Waals surface area (Å²) in [6, 6.07) is 8.48. The van der Waals surface area contributed by atoms with Gasteiger partial charge in [0.2, 0.25) is 0 Å². The van der Waals surface area contributed by atoms with Crippen LogP contribution in [0.25, 0.3) is 0 Å². The zero-order valence-electron chi connectivity index (χ0n) is 20.0. The maximum Gasteiger partial charge on any atom is 0.410 e. The maximum absolute atomic E-state index is 12.6. The molecule has 2 rings (SSSR count). The highest BCUT2D eigenvalue weighted by atomic mass is 16.6. The number of carbonyl (C=O) groups excluding carboxylic acids is 3. The first-order valence-corrected chi connectivity index (χ1v) is 11.0. The summed E-state index contributed by atoms with van der Waals surface area (Å²) >= 11 is 0. The van der Waals surface area contributed by atoms with Gasteiger partial charge in [0.25, 0.3) is 0 Å². The fraction of sp³-hybridized carbons (Fsp3) is 0.625. The fourth-order valence-electron chi connectivity index (χ4n) is 3.92. The Hall–Kier alpha value is -2.77. The van der Waals surface area contributed by atoms with Gasteiger partial charge in [-0.1, -0.05) is 30.3 Å². The second kappa shape index (κ2) is 10.7. The number of carbonyl (C=O) groups is 3. The quantitative estimate of drug-likeness (QED) is 0.494. The molecule has 32 heavy (non-hydrogen) atoms. The van der Waals surface area contributed by atoms with Crippen molar-refractivity contribution in [3.8, 4) is 0 Å². The molecule has 0 spiro atoms. The van der Waals surface area contributed by atoms with Gasteiger partial charge >= 0.3 is 18.2 Å². The standard InChI is InChI=1S/C24H36N2O6/c1-23(2,3)32-22(29)26-15-18(14-24(26,4)5)12-13-19(20(27)30-6)25-21(28)31-16-17-10-8-7-9-11-17/h7-11,18-19H,12-16H2,1-6H3,(H,25,28). The molecule has 0 radical (unpaired) electrons. The molecule has 2 unspecified atom stereocenters. The lowest BCUT2D eigenvalue weighted by molar-refractivity contribution is -0.143.